The van der Waals surface area contributed by atoms with Gasteiger partial charge in [0, 0.05) is 23.9 Å². The molecule has 1 amide bonds. The van der Waals surface area contributed by atoms with Crippen molar-refractivity contribution in [2.24, 2.45) is 0 Å². The van der Waals surface area contributed by atoms with Gasteiger partial charge in [0.1, 0.15) is 15.8 Å². The first-order valence-corrected chi connectivity index (χ1v) is 12.5. The summed E-state index contributed by atoms with van der Waals surface area (Å²) in [4.78, 5) is 15.2. The van der Waals surface area contributed by atoms with Gasteiger partial charge in [-0.3, -0.25) is 9.69 Å². The Morgan fingerprint density at radius 1 is 1.09 bits per heavy atom. The number of benzene rings is 2. The Hall–Kier alpha value is -2.90. The maximum atomic E-state index is 12.9. The van der Waals surface area contributed by atoms with Crippen LogP contribution < -0.4 is 4.74 Å². The van der Waals surface area contributed by atoms with Crippen LogP contribution in [0.1, 0.15) is 38.7 Å². The zero-order valence-corrected chi connectivity index (χ0v) is 20.5. The molecule has 1 aliphatic heterocycles. The highest BCUT2D eigenvalue weighted by molar-refractivity contribution is 8.26. The fourth-order valence-electron chi connectivity index (χ4n) is 3.56. The van der Waals surface area contributed by atoms with Crippen molar-refractivity contribution in [3.63, 3.8) is 0 Å². The molecule has 2 heterocycles. The van der Waals surface area contributed by atoms with Crippen molar-refractivity contribution in [3.8, 4) is 22.7 Å². The molecule has 0 bridgehead atoms. The van der Waals surface area contributed by atoms with Crippen LogP contribution in [0.2, 0.25) is 0 Å². The second-order valence-corrected chi connectivity index (χ2v) is 9.45. The second kappa shape index (κ2) is 10.8. The second-order valence-electron chi connectivity index (χ2n) is 7.78. The van der Waals surface area contributed by atoms with E-state index in [4.69, 9.17) is 22.1 Å². The summed E-state index contributed by atoms with van der Waals surface area (Å²) < 4.78 is 8.37. The first kappa shape index (κ1) is 23.3. The minimum absolute atomic E-state index is 0.0399. The van der Waals surface area contributed by atoms with Crippen molar-refractivity contribution in [1.82, 2.24) is 14.7 Å². The molecular weight excluding hydrogens is 450 g/mol. The van der Waals surface area contributed by atoms with Gasteiger partial charge in [-0.1, -0.05) is 74.6 Å². The number of rotatable bonds is 9. The molecule has 1 saturated heterocycles. The number of unbranched alkanes of at least 4 members (excludes halogenated alkanes) is 1. The number of carbonyl (C=O) groups excluding carboxylic acids is 1. The first-order valence-electron chi connectivity index (χ1n) is 11.2. The molecule has 5 nitrogen and oxygen atoms in total. The van der Waals surface area contributed by atoms with E-state index in [0.29, 0.717) is 22.4 Å². The molecule has 0 spiro atoms. The number of hydrogen-bond acceptors (Lipinski definition) is 5. The molecule has 1 aromatic heterocycles. The van der Waals surface area contributed by atoms with Gasteiger partial charge in [-0.25, -0.2) is 4.68 Å². The average Bonchev–Trinajstić information content (AvgIpc) is 3.37. The molecule has 170 valence electrons. The molecule has 0 saturated carbocycles. The SMILES string of the molecule is CCCCOc1cccc(-c2nn(-c3ccccc3)cc2/C=C2\SC(=S)N(CCC)C2=O)c1. The van der Waals surface area contributed by atoms with Crippen LogP contribution in [0.25, 0.3) is 23.0 Å². The van der Waals surface area contributed by atoms with E-state index in [2.05, 4.69) is 6.92 Å². The third-order valence-electron chi connectivity index (χ3n) is 5.24. The predicted molar refractivity (Wildman–Crippen MR) is 140 cm³/mol. The topological polar surface area (TPSA) is 47.4 Å². The van der Waals surface area contributed by atoms with Crippen LogP contribution in [0, 0.1) is 0 Å². The van der Waals surface area contributed by atoms with Crippen molar-refractivity contribution in [3.05, 3.63) is 71.3 Å². The Kier molecular flexibility index (Phi) is 7.62. The van der Waals surface area contributed by atoms with Gasteiger partial charge in [-0.15, -0.1) is 0 Å². The van der Waals surface area contributed by atoms with Crippen molar-refractivity contribution in [2.45, 2.75) is 33.1 Å². The smallest absolute Gasteiger partial charge is 0.266 e. The van der Waals surface area contributed by atoms with E-state index in [1.54, 1.807) is 4.90 Å². The summed E-state index contributed by atoms with van der Waals surface area (Å²) in [5.41, 5.74) is 3.54. The minimum atomic E-state index is -0.0399. The Morgan fingerprint density at radius 2 is 1.91 bits per heavy atom. The Morgan fingerprint density at radius 3 is 2.67 bits per heavy atom. The van der Waals surface area contributed by atoms with Gasteiger partial charge in [-0.05, 0) is 43.2 Å². The third kappa shape index (κ3) is 5.37. The van der Waals surface area contributed by atoms with Crippen LogP contribution in [0.4, 0.5) is 0 Å². The lowest BCUT2D eigenvalue weighted by atomic mass is 10.1. The van der Waals surface area contributed by atoms with Crippen LogP contribution >= 0.6 is 24.0 Å². The summed E-state index contributed by atoms with van der Waals surface area (Å²) in [6.07, 6.45) is 6.82. The minimum Gasteiger partial charge on any atom is -0.494 e. The zero-order chi connectivity index (χ0) is 23.2. The molecule has 1 fully saturated rings. The maximum absolute atomic E-state index is 12.9. The summed E-state index contributed by atoms with van der Waals surface area (Å²) in [5, 5.41) is 4.88. The van der Waals surface area contributed by atoms with Gasteiger partial charge >= 0.3 is 0 Å². The predicted octanol–water partition coefficient (Wildman–Crippen LogP) is 6.33. The third-order valence-corrected chi connectivity index (χ3v) is 6.62. The van der Waals surface area contributed by atoms with E-state index < -0.39 is 0 Å². The number of thioether (sulfide) groups is 1. The molecule has 4 rings (SSSR count). The monoisotopic (exact) mass is 477 g/mol. The molecule has 0 aliphatic carbocycles. The maximum Gasteiger partial charge on any atom is 0.266 e. The van der Waals surface area contributed by atoms with Crippen molar-refractivity contribution in [1.29, 1.82) is 0 Å². The molecular formula is C26H27N3O2S2. The van der Waals surface area contributed by atoms with Crippen LogP contribution in [-0.2, 0) is 4.79 Å². The van der Waals surface area contributed by atoms with Gasteiger partial charge < -0.3 is 4.74 Å². The van der Waals surface area contributed by atoms with E-state index in [-0.39, 0.29) is 5.91 Å². The normalized spacial score (nSPS) is 15.0. The summed E-state index contributed by atoms with van der Waals surface area (Å²) in [6, 6.07) is 17.9. The number of carbonyl (C=O) groups is 1. The molecule has 0 unspecified atom stereocenters. The average molecular weight is 478 g/mol. The van der Waals surface area contributed by atoms with Gasteiger partial charge in [0.25, 0.3) is 5.91 Å². The Balaban J connectivity index is 1.74. The van der Waals surface area contributed by atoms with Gasteiger partial charge in [0.05, 0.1) is 17.2 Å². The summed E-state index contributed by atoms with van der Waals surface area (Å²) >= 11 is 6.79. The number of nitrogens with zero attached hydrogens (tertiary/aromatic N) is 3. The van der Waals surface area contributed by atoms with E-state index in [0.717, 1.165) is 47.5 Å². The lowest BCUT2D eigenvalue weighted by molar-refractivity contribution is -0.122. The summed E-state index contributed by atoms with van der Waals surface area (Å²) in [5.74, 6) is 0.775. The van der Waals surface area contributed by atoms with Gasteiger partial charge in [0.15, 0.2) is 0 Å². The molecule has 0 radical (unpaired) electrons. The van der Waals surface area contributed by atoms with Gasteiger partial charge in [-0.2, -0.15) is 5.10 Å². The molecule has 0 atom stereocenters. The van der Waals surface area contributed by atoms with Gasteiger partial charge in [0.2, 0.25) is 0 Å². The molecule has 33 heavy (non-hydrogen) atoms. The Labute approximate surface area is 204 Å². The number of hydrogen-bond donors (Lipinski definition) is 0. The van der Waals surface area contributed by atoms with E-state index in [1.165, 1.54) is 11.8 Å². The van der Waals surface area contributed by atoms with Crippen molar-refractivity contribution < 1.29 is 9.53 Å². The largest absolute Gasteiger partial charge is 0.494 e. The highest BCUT2D eigenvalue weighted by atomic mass is 32.2. The van der Waals surface area contributed by atoms with Crippen molar-refractivity contribution in [2.75, 3.05) is 13.2 Å². The number of para-hydroxylation sites is 1. The summed E-state index contributed by atoms with van der Waals surface area (Å²) in [6.45, 7) is 5.51. The van der Waals surface area contributed by atoms with Crippen molar-refractivity contribution >= 4 is 40.3 Å². The lowest BCUT2D eigenvalue weighted by Gasteiger charge is -2.11. The highest BCUT2D eigenvalue weighted by Gasteiger charge is 2.31. The number of ether oxygens (including phenoxy) is 1. The van der Waals surface area contributed by atoms with Crippen LogP contribution in [0.5, 0.6) is 5.75 Å². The molecule has 1 aliphatic rings. The summed E-state index contributed by atoms with van der Waals surface area (Å²) in [7, 11) is 0. The lowest BCUT2D eigenvalue weighted by Crippen LogP contribution is -2.28. The standard InChI is InChI=1S/C26H27N3O2S2/c1-3-5-15-31-22-13-9-10-19(16-22)24-20(18-29(27-24)21-11-7-6-8-12-21)17-23-25(30)28(14-4-2)26(32)33-23/h6-13,16-18H,3-5,14-15H2,1-2H3/b23-17-. The highest BCUT2D eigenvalue weighted by Crippen LogP contribution is 2.35. The fourth-order valence-corrected chi connectivity index (χ4v) is 4.85. The Bertz CT molecular complexity index is 1170. The molecule has 3 aromatic rings. The number of aromatic nitrogens is 2. The first-order chi connectivity index (χ1) is 16.1. The van der Waals surface area contributed by atoms with Crippen LogP contribution in [0.3, 0.4) is 0 Å². The van der Waals surface area contributed by atoms with Crippen LogP contribution in [-0.4, -0.2) is 38.1 Å². The fraction of sp³-hybridized carbons (Fsp3) is 0.269. The quantitative estimate of drug-likeness (QED) is 0.205. The molecule has 7 heteroatoms. The van der Waals surface area contributed by atoms with Crippen LogP contribution in [0.15, 0.2) is 65.7 Å². The zero-order valence-electron chi connectivity index (χ0n) is 18.9. The molecule has 2 aromatic carbocycles. The van der Waals surface area contributed by atoms with E-state index in [9.17, 15) is 4.79 Å². The molecule has 0 N–H and O–H groups in total. The van der Waals surface area contributed by atoms with E-state index >= 15 is 0 Å². The number of thiocarbonyl (C=S) groups is 1. The van der Waals surface area contributed by atoms with E-state index in [1.807, 2.05) is 78.5 Å². The number of amides is 1.